The molecule has 0 aromatic heterocycles. The van der Waals surface area contributed by atoms with Gasteiger partial charge in [-0.3, -0.25) is 0 Å². The Morgan fingerprint density at radius 3 is 2.29 bits per heavy atom. The molecular weight excluding hydrogens is 170 g/mol. The van der Waals surface area contributed by atoms with E-state index < -0.39 is 0 Å². The highest BCUT2D eigenvalue weighted by molar-refractivity contribution is 4.99. The highest BCUT2D eigenvalue weighted by Gasteiger charge is 1.94. The second-order valence-electron chi connectivity index (χ2n) is 4.08. The molecule has 0 aliphatic rings. The maximum atomic E-state index is 3.99. The molecule has 0 saturated carbocycles. The molecule has 0 aromatic rings. The van der Waals surface area contributed by atoms with E-state index in [1.165, 1.54) is 32.1 Å². The Bertz CT molecular complexity index is 170. The number of hydrogen-bond donors (Lipinski definition) is 1. The number of allylic oxidation sites excluding steroid dienone is 1. The van der Waals surface area contributed by atoms with Crippen LogP contribution < -0.4 is 5.32 Å². The maximum absolute atomic E-state index is 3.99. The zero-order valence-electron chi connectivity index (χ0n) is 9.86. The molecule has 0 aromatic carbocycles. The standard InChI is InChI=1S/C13H25N/c1-5-6-7-8-9-10-13(4)14-11-12(2)3/h14H,2,4-11H2,1,3H3. The summed E-state index contributed by atoms with van der Waals surface area (Å²) in [4.78, 5) is 0. The van der Waals surface area contributed by atoms with E-state index in [0.29, 0.717) is 0 Å². The summed E-state index contributed by atoms with van der Waals surface area (Å²) in [6.07, 6.45) is 7.76. The van der Waals surface area contributed by atoms with Crippen LogP contribution in [-0.4, -0.2) is 6.54 Å². The summed E-state index contributed by atoms with van der Waals surface area (Å²) >= 11 is 0. The van der Waals surface area contributed by atoms with E-state index in [1.54, 1.807) is 0 Å². The van der Waals surface area contributed by atoms with Gasteiger partial charge in [-0.25, -0.2) is 0 Å². The van der Waals surface area contributed by atoms with Gasteiger partial charge in [0.1, 0.15) is 0 Å². The summed E-state index contributed by atoms with van der Waals surface area (Å²) in [5.41, 5.74) is 2.32. The molecule has 14 heavy (non-hydrogen) atoms. The first-order valence-corrected chi connectivity index (χ1v) is 5.72. The molecule has 1 N–H and O–H groups in total. The van der Waals surface area contributed by atoms with Crippen molar-refractivity contribution in [3.8, 4) is 0 Å². The predicted octanol–water partition coefficient (Wildman–Crippen LogP) is 4.03. The van der Waals surface area contributed by atoms with Gasteiger partial charge in [-0.15, -0.1) is 0 Å². The average Bonchev–Trinajstić information content (AvgIpc) is 2.14. The fraction of sp³-hybridized carbons (Fsp3) is 0.692. The molecule has 0 bridgehead atoms. The lowest BCUT2D eigenvalue weighted by Gasteiger charge is -2.08. The minimum Gasteiger partial charge on any atom is -0.385 e. The van der Waals surface area contributed by atoms with Crippen molar-refractivity contribution in [1.29, 1.82) is 0 Å². The van der Waals surface area contributed by atoms with Crippen molar-refractivity contribution in [3.63, 3.8) is 0 Å². The summed E-state index contributed by atoms with van der Waals surface area (Å²) in [5.74, 6) is 0. The van der Waals surface area contributed by atoms with Crippen LogP contribution >= 0.6 is 0 Å². The molecule has 1 heteroatoms. The van der Waals surface area contributed by atoms with Crippen LogP contribution in [-0.2, 0) is 0 Å². The molecule has 0 amide bonds. The van der Waals surface area contributed by atoms with Gasteiger partial charge in [0.05, 0.1) is 0 Å². The van der Waals surface area contributed by atoms with E-state index in [1.807, 2.05) is 6.92 Å². The molecule has 1 nitrogen and oxygen atoms in total. The van der Waals surface area contributed by atoms with Gasteiger partial charge in [0.15, 0.2) is 0 Å². The molecule has 0 atom stereocenters. The largest absolute Gasteiger partial charge is 0.385 e. The second-order valence-corrected chi connectivity index (χ2v) is 4.08. The van der Waals surface area contributed by atoms with Crippen molar-refractivity contribution in [3.05, 3.63) is 24.4 Å². The van der Waals surface area contributed by atoms with Crippen LogP contribution in [0.4, 0.5) is 0 Å². The fourth-order valence-corrected chi connectivity index (χ4v) is 1.31. The number of unbranched alkanes of at least 4 members (excludes halogenated alkanes) is 4. The van der Waals surface area contributed by atoms with E-state index in [2.05, 4.69) is 25.4 Å². The minimum atomic E-state index is 0.869. The van der Waals surface area contributed by atoms with Crippen molar-refractivity contribution in [2.45, 2.75) is 52.4 Å². The Kier molecular flexibility index (Phi) is 8.40. The Morgan fingerprint density at radius 1 is 1.07 bits per heavy atom. The molecule has 82 valence electrons. The van der Waals surface area contributed by atoms with Gasteiger partial charge >= 0.3 is 0 Å². The van der Waals surface area contributed by atoms with E-state index >= 15 is 0 Å². The first-order chi connectivity index (χ1) is 6.66. The molecule has 0 radical (unpaired) electrons. The van der Waals surface area contributed by atoms with E-state index in [-0.39, 0.29) is 0 Å². The molecular formula is C13H25N. The van der Waals surface area contributed by atoms with E-state index in [9.17, 15) is 0 Å². The number of rotatable bonds is 9. The summed E-state index contributed by atoms with van der Waals surface area (Å²) in [5, 5.41) is 3.28. The molecule has 0 fully saturated rings. The quantitative estimate of drug-likeness (QED) is 0.433. The Morgan fingerprint density at radius 2 is 1.71 bits per heavy atom. The fourth-order valence-electron chi connectivity index (χ4n) is 1.31. The zero-order chi connectivity index (χ0) is 10.8. The lowest BCUT2D eigenvalue weighted by Crippen LogP contribution is -2.14. The van der Waals surface area contributed by atoms with Gasteiger partial charge in [-0.1, -0.05) is 51.3 Å². The van der Waals surface area contributed by atoms with Gasteiger partial charge in [0.25, 0.3) is 0 Å². The molecule has 0 rings (SSSR count). The topological polar surface area (TPSA) is 12.0 Å². The van der Waals surface area contributed by atoms with Gasteiger partial charge in [0, 0.05) is 12.2 Å². The normalized spacial score (nSPS) is 9.86. The van der Waals surface area contributed by atoms with Crippen molar-refractivity contribution < 1.29 is 0 Å². The average molecular weight is 195 g/mol. The van der Waals surface area contributed by atoms with E-state index in [0.717, 1.165) is 24.2 Å². The van der Waals surface area contributed by atoms with Crippen molar-refractivity contribution >= 4 is 0 Å². The van der Waals surface area contributed by atoms with Crippen LogP contribution in [0.15, 0.2) is 24.4 Å². The number of nitrogens with one attached hydrogen (secondary N) is 1. The SMILES string of the molecule is C=C(C)CNC(=C)CCCCCCC. The summed E-state index contributed by atoms with van der Waals surface area (Å²) in [7, 11) is 0. The molecule has 0 spiro atoms. The lowest BCUT2D eigenvalue weighted by molar-refractivity contribution is 0.618. The Hall–Kier alpha value is -0.720. The molecule has 0 aliphatic carbocycles. The smallest absolute Gasteiger partial charge is 0.0351 e. The minimum absolute atomic E-state index is 0.869. The van der Waals surface area contributed by atoms with Crippen LogP contribution in [0.2, 0.25) is 0 Å². The Labute approximate surface area is 89.3 Å². The van der Waals surface area contributed by atoms with Crippen LogP contribution in [0, 0.1) is 0 Å². The number of hydrogen-bond acceptors (Lipinski definition) is 1. The third kappa shape index (κ3) is 9.37. The Balaban J connectivity index is 3.22. The monoisotopic (exact) mass is 195 g/mol. The third-order valence-electron chi connectivity index (χ3n) is 2.22. The summed E-state index contributed by atoms with van der Waals surface area (Å²) in [6, 6.07) is 0. The molecule has 0 unspecified atom stereocenters. The zero-order valence-corrected chi connectivity index (χ0v) is 9.86. The molecule has 0 saturated heterocycles. The van der Waals surface area contributed by atoms with Crippen molar-refractivity contribution in [2.75, 3.05) is 6.54 Å². The predicted molar refractivity (Wildman–Crippen MR) is 65.3 cm³/mol. The van der Waals surface area contributed by atoms with Gasteiger partial charge in [-0.2, -0.15) is 0 Å². The third-order valence-corrected chi connectivity index (χ3v) is 2.22. The molecule has 0 heterocycles. The van der Waals surface area contributed by atoms with Crippen molar-refractivity contribution in [1.82, 2.24) is 5.32 Å². The van der Waals surface area contributed by atoms with Crippen LogP contribution in [0.3, 0.4) is 0 Å². The van der Waals surface area contributed by atoms with Gasteiger partial charge in [-0.05, 0) is 19.8 Å². The van der Waals surface area contributed by atoms with Crippen LogP contribution in [0.1, 0.15) is 52.4 Å². The maximum Gasteiger partial charge on any atom is 0.0351 e. The first-order valence-electron chi connectivity index (χ1n) is 5.72. The summed E-state index contributed by atoms with van der Waals surface area (Å²) < 4.78 is 0. The highest BCUT2D eigenvalue weighted by atomic mass is 14.9. The van der Waals surface area contributed by atoms with Crippen molar-refractivity contribution in [2.24, 2.45) is 0 Å². The first kappa shape index (κ1) is 13.3. The summed E-state index contributed by atoms with van der Waals surface area (Å²) in [6.45, 7) is 13.0. The lowest BCUT2D eigenvalue weighted by atomic mass is 10.1. The van der Waals surface area contributed by atoms with Crippen LogP contribution in [0.5, 0.6) is 0 Å². The van der Waals surface area contributed by atoms with Crippen LogP contribution in [0.25, 0.3) is 0 Å². The van der Waals surface area contributed by atoms with Gasteiger partial charge < -0.3 is 5.32 Å². The second kappa shape index (κ2) is 8.86. The van der Waals surface area contributed by atoms with Gasteiger partial charge in [0.2, 0.25) is 0 Å². The molecule has 0 aliphatic heterocycles. The highest BCUT2D eigenvalue weighted by Crippen LogP contribution is 2.08. The van der Waals surface area contributed by atoms with E-state index in [4.69, 9.17) is 0 Å².